The fourth-order valence-electron chi connectivity index (χ4n) is 3.48. The standard InChI is InChI=1S/C19H24/c1-5-15-11-17-8-12(2)9-18(17)14(4)19(15)10-13(3)16-6-7-16/h5,10-12,16H,1,6-9H2,2-4H3/b13-10+. The molecule has 2 aliphatic rings. The lowest BCUT2D eigenvalue weighted by molar-refractivity contribution is 0.627. The Morgan fingerprint density at radius 1 is 1.32 bits per heavy atom. The summed E-state index contributed by atoms with van der Waals surface area (Å²) in [4.78, 5) is 0. The van der Waals surface area contributed by atoms with Crippen molar-refractivity contribution in [2.75, 3.05) is 0 Å². The topological polar surface area (TPSA) is 0 Å². The van der Waals surface area contributed by atoms with E-state index in [1.54, 1.807) is 16.7 Å². The van der Waals surface area contributed by atoms with Crippen LogP contribution in [-0.4, -0.2) is 0 Å². The molecule has 1 fully saturated rings. The molecule has 19 heavy (non-hydrogen) atoms. The Labute approximate surface area is 117 Å². The van der Waals surface area contributed by atoms with Crippen LogP contribution in [0.5, 0.6) is 0 Å². The van der Waals surface area contributed by atoms with Crippen molar-refractivity contribution in [1.82, 2.24) is 0 Å². The van der Waals surface area contributed by atoms with Crippen molar-refractivity contribution in [3.05, 3.63) is 46.0 Å². The minimum atomic E-state index is 0.801. The Balaban J connectivity index is 2.10. The van der Waals surface area contributed by atoms with E-state index in [1.807, 2.05) is 6.08 Å². The van der Waals surface area contributed by atoms with Crippen LogP contribution in [0.1, 0.15) is 54.5 Å². The van der Waals surface area contributed by atoms with Crippen LogP contribution in [-0.2, 0) is 12.8 Å². The van der Waals surface area contributed by atoms with E-state index in [2.05, 4.69) is 39.5 Å². The van der Waals surface area contributed by atoms with Gasteiger partial charge in [0.15, 0.2) is 0 Å². The van der Waals surface area contributed by atoms with Gasteiger partial charge < -0.3 is 0 Å². The van der Waals surface area contributed by atoms with Gasteiger partial charge in [-0.1, -0.05) is 37.3 Å². The van der Waals surface area contributed by atoms with Crippen molar-refractivity contribution in [3.63, 3.8) is 0 Å². The summed E-state index contributed by atoms with van der Waals surface area (Å²) in [6.45, 7) is 11.0. The number of allylic oxidation sites excluding steroid dienone is 1. The summed E-state index contributed by atoms with van der Waals surface area (Å²) in [7, 11) is 0. The Morgan fingerprint density at radius 2 is 2.05 bits per heavy atom. The first-order valence-electron chi connectivity index (χ1n) is 7.56. The maximum absolute atomic E-state index is 4.02. The molecule has 100 valence electrons. The van der Waals surface area contributed by atoms with Crippen molar-refractivity contribution in [2.45, 2.75) is 46.5 Å². The van der Waals surface area contributed by atoms with E-state index in [0.717, 1.165) is 11.8 Å². The first kappa shape index (κ1) is 12.7. The van der Waals surface area contributed by atoms with Crippen molar-refractivity contribution >= 4 is 12.2 Å². The summed E-state index contributed by atoms with van der Waals surface area (Å²) in [5.41, 5.74) is 8.96. The van der Waals surface area contributed by atoms with Crippen LogP contribution < -0.4 is 0 Å². The van der Waals surface area contributed by atoms with Crippen LogP contribution in [0.4, 0.5) is 0 Å². The highest BCUT2D eigenvalue weighted by Gasteiger charge is 2.25. The van der Waals surface area contributed by atoms with Crippen LogP contribution in [0.2, 0.25) is 0 Å². The molecule has 0 radical (unpaired) electrons. The first-order chi connectivity index (χ1) is 9.10. The molecule has 0 nitrogen and oxygen atoms in total. The minimum Gasteiger partial charge on any atom is -0.0984 e. The highest BCUT2D eigenvalue weighted by molar-refractivity contribution is 5.71. The normalized spacial score (nSPS) is 22.5. The maximum Gasteiger partial charge on any atom is -0.0152 e. The van der Waals surface area contributed by atoms with Gasteiger partial charge in [0.1, 0.15) is 0 Å². The molecule has 0 saturated heterocycles. The first-order valence-corrected chi connectivity index (χ1v) is 7.56. The lowest BCUT2D eigenvalue weighted by Crippen LogP contribution is -1.96. The SMILES string of the molecule is C=Cc1cc2c(c(C)c1/C=C(\C)C1CC1)CC(C)C2. The Bertz CT molecular complexity index is 556. The third-order valence-electron chi connectivity index (χ3n) is 4.82. The van der Waals surface area contributed by atoms with Gasteiger partial charge in [-0.25, -0.2) is 0 Å². The summed E-state index contributed by atoms with van der Waals surface area (Å²) >= 11 is 0. The fraction of sp³-hybridized carbons (Fsp3) is 0.474. The zero-order valence-electron chi connectivity index (χ0n) is 12.4. The second-order valence-electron chi connectivity index (χ2n) is 6.52. The van der Waals surface area contributed by atoms with Crippen LogP contribution in [0.15, 0.2) is 18.2 Å². The Morgan fingerprint density at radius 3 is 2.68 bits per heavy atom. The van der Waals surface area contributed by atoms with Gasteiger partial charge in [-0.15, -0.1) is 0 Å². The van der Waals surface area contributed by atoms with Gasteiger partial charge in [0, 0.05) is 0 Å². The largest absolute Gasteiger partial charge is 0.0984 e. The summed E-state index contributed by atoms with van der Waals surface area (Å²) in [5.74, 6) is 1.65. The average Bonchev–Trinajstić information content (AvgIpc) is 3.15. The van der Waals surface area contributed by atoms with Gasteiger partial charge in [0.2, 0.25) is 0 Å². The van der Waals surface area contributed by atoms with Crippen LogP contribution in [0.3, 0.4) is 0 Å². The quantitative estimate of drug-likeness (QED) is 0.694. The minimum absolute atomic E-state index is 0.801. The van der Waals surface area contributed by atoms with Gasteiger partial charge >= 0.3 is 0 Å². The summed E-state index contributed by atoms with van der Waals surface area (Å²) < 4.78 is 0. The van der Waals surface area contributed by atoms with E-state index < -0.39 is 0 Å². The molecule has 1 unspecified atom stereocenters. The van der Waals surface area contributed by atoms with Crippen LogP contribution in [0, 0.1) is 18.8 Å². The van der Waals surface area contributed by atoms with Crippen molar-refractivity contribution in [2.24, 2.45) is 11.8 Å². The van der Waals surface area contributed by atoms with Crippen LogP contribution in [0.25, 0.3) is 12.2 Å². The van der Waals surface area contributed by atoms with Gasteiger partial charge in [-0.3, -0.25) is 0 Å². The maximum atomic E-state index is 4.02. The predicted octanol–water partition coefficient (Wildman–Crippen LogP) is 5.19. The monoisotopic (exact) mass is 252 g/mol. The second-order valence-corrected chi connectivity index (χ2v) is 6.52. The van der Waals surface area contributed by atoms with Crippen molar-refractivity contribution in [3.8, 4) is 0 Å². The second kappa shape index (κ2) is 4.67. The smallest absolute Gasteiger partial charge is 0.0152 e. The average molecular weight is 252 g/mol. The molecule has 1 atom stereocenters. The Hall–Kier alpha value is -1.30. The van der Waals surface area contributed by atoms with Gasteiger partial charge in [0.05, 0.1) is 0 Å². The molecular formula is C19H24. The van der Waals surface area contributed by atoms with E-state index in [-0.39, 0.29) is 0 Å². The molecule has 0 amide bonds. The third-order valence-corrected chi connectivity index (χ3v) is 4.82. The molecule has 0 aromatic heterocycles. The summed E-state index contributed by atoms with van der Waals surface area (Å²) in [6, 6.07) is 2.38. The summed E-state index contributed by atoms with van der Waals surface area (Å²) in [5, 5.41) is 0. The van der Waals surface area contributed by atoms with E-state index in [9.17, 15) is 0 Å². The number of benzene rings is 1. The van der Waals surface area contributed by atoms with Crippen molar-refractivity contribution in [1.29, 1.82) is 0 Å². The van der Waals surface area contributed by atoms with Crippen LogP contribution >= 0.6 is 0 Å². The molecule has 1 aromatic rings. The highest BCUT2D eigenvalue weighted by atomic mass is 14.3. The molecule has 0 N–H and O–H groups in total. The predicted molar refractivity (Wildman–Crippen MR) is 84.2 cm³/mol. The number of fused-ring (bicyclic) bond motifs is 1. The molecule has 1 saturated carbocycles. The highest BCUT2D eigenvalue weighted by Crippen LogP contribution is 2.39. The molecule has 0 heteroatoms. The lowest BCUT2D eigenvalue weighted by Gasteiger charge is -2.13. The van der Waals surface area contributed by atoms with Crippen molar-refractivity contribution < 1.29 is 0 Å². The summed E-state index contributed by atoms with van der Waals surface area (Å²) in [6.07, 6.45) is 9.71. The molecule has 0 spiro atoms. The molecule has 0 bridgehead atoms. The number of rotatable bonds is 3. The number of hydrogen-bond donors (Lipinski definition) is 0. The van der Waals surface area contributed by atoms with Gasteiger partial charge in [-0.05, 0) is 79.2 Å². The lowest BCUT2D eigenvalue weighted by atomic mass is 9.92. The molecule has 3 rings (SSSR count). The van der Waals surface area contributed by atoms with Gasteiger partial charge in [-0.2, -0.15) is 0 Å². The van der Waals surface area contributed by atoms with E-state index >= 15 is 0 Å². The molecular weight excluding hydrogens is 228 g/mol. The fourth-order valence-corrected chi connectivity index (χ4v) is 3.48. The molecule has 0 aliphatic heterocycles. The zero-order valence-corrected chi connectivity index (χ0v) is 12.4. The van der Waals surface area contributed by atoms with E-state index in [1.165, 1.54) is 42.4 Å². The zero-order chi connectivity index (χ0) is 13.6. The third kappa shape index (κ3) is 2.29. The molecule has 1 aromatic carbocycles. The molecule has 0 heterocycles. The van der Waals surface area contributed by atoms with Gasteiger partial charge in [0.25, 0.3) is 0 Å². The van der Waals surface area contributed by atoms with E-state index in [0.29, 0.717) is 0 Å². The number of hydrogen-bond acceptors (Lipinski definition) is 0. The van der Waals surface area contributed by atoms with E-state index in [4.69, 9.17) is 0 Å². The molecule has 2 aliphatic carbocycles. The Kier molecular flexibility index (Phi) is 3.12.